The maximum atomic E-state index is 12.8. The van der Waals surface area contributed by atoms with Crippen LogP contribution in [0.1, 0.15) is 24.8 Å². The second-order valence-electron chi connectivity index (χ2n) is 6.51. The van der Waals surface area contributed by atoms with E-state index in [1.807, 2.05) is 6.07 Å². The molecular weight excluding hydrogens is 262 g/mol. The summed E-state index contributed by atoms with van der Waals surface area (Å²) in [5.41, 5.74) is 2.48. The van der Waals surface area contributed by atoms with E-state index in [0.29, 0.717) is 11.9 Å². The van der Waals surface area contributed by atoms with Gasteiger partial charge in [0.2, 0.25) is 5.91 Å². The maximum Gasteiger partial charge on any atom is 0.245 e. The molecule has 3 heterocycles. The summed E-state index contributed by atoms with van der Waals surface area (Å²) in [5.74, 6) is 0.302. The Kier molecular flexibility index (Phi) is 3.34. The van der Waals surface area contributed by atoms with E-state index in [1.54, 1.807) is 0 Å². The zero-order valence-electron chi connectivity index (χ0n) is 12.4. The van der Waals surface area contributed by atoms with Gasteiger partial charge in [0.15, 0.2) is 0 Å². The van der Waals surface area contributed by atoms with Gasteiger partial charge in [-0.15, -0.1) is 0 Å². The zero-order valence-corrected chi connectivity index (χ0v) is 12.4. The predicted octanol–water partition coefficient (Wildman–Crippen LogP) is 1.72. The summed E-state index contributed by atoms with van der Waals surface area (Å²) in [6.45, 7) is 4.11. The Hall–Kier alpha value is -1.55. The number of carbonyl (C=O) groups excluding carboxylic acids is 1. The van der Waals surface area contributed by atoms with Gasteiger partial charge in [0.25, 0.3) is 0 Å². The molecule has 0 aliphatic carbocycles. The van der Waals surface area contributed by atoms with Crippen LogP contribution >= 0.6 is 0 Å². The molecule has 3 aliphatic rings. The van der Waals surface area contributed by atoms with Crippen LogP contribution in [0.5, 0.6) is 0 Å². The Labute approximate surface area is 126 Å². The van der Waals surface area contributed by atoms with Gasteiger partial charge in [0.1, 0.15) is 6.04 Å². The van der Waals surface area contributed by atoms with Crippen molar-refractivity contribution in [3.63, 3.8) is 0 Å². The van der Waals surface area contributed by atoms with Crippen LogP contribution in [-0.2, 0) is 11.2 Å². The van der Waals surface area contributed by atoms with E-state index in [0.717, 1.165) is 38.2 Å². The van der Waals surface area contributed by atoms with Crippen LogP contribution in [-0.4, -0.2) is 54.0 Å². The van der Waals surface area contributed by atoms with Gasteiger partial charge in [-0.25, -0.2) is 0 Å². The molecule has 4 nitrogen and oxygen atoms in total. The fraction of sp³-hybridized carbons (Fsp3) is 0.588. The van der Waals surface area contributed by atoms with Crippen molar-refractivity contribution in [2.75, 3.05) is 31.5 Å². The van der Waals surface area contributed by atoms with Crippen molar-refractivity contribution < 1.29 is 4.79 Å². The number of para-hydroxylation sites is 1. The normalized spacial score (nSPS) is 28.7. The lowest BCUT2D eigenvalue weighted by Crippen LogP contribution is -2.55. The highest BCUT2D eigenvalue weighted by molar-refractivity contribution is 5.85. The third-order valence-corrected chi connectivity index (χ3v) is 5.25. The van der Waals surface area contributed by atoms with E-state index < -0.39 is 0 Å². The SMILES string of the molecule is O=C(C1CCc2ccccc2N1)N1CCN2CCCC2C1. The summed E-state index contributed by atoms with van der Waals surface area (Å²) in [6, 6.07) is 8.92. The molecule has 1 amide bonds. The van der Waals surface area contributed by atoms with Crippen LogP contribution in [0, 0.1) is 0 Å². The number of hydrogen-bond donors (Lipinski definition) is 1. The highest BCUT2D eigenvalue weighted by Crippen LogP contribution is 2.27. The van der Waals surface area contributed by atoms with Gasteiger partial charge >= 0.3 is 0 Å². The lowest BCUT2D eigenvalue weighted by atomic mass is 9.97. The number of nitrogens with zero attached hydrogens (tertiary/aromatic N) is 2. The number of fused-ring (bicyclic) bond motifs is 2. The summed E-state index contributed by atoms with van der Waals surface area (Å²) in [4.78, 5) is 17.4. The summed E-state index contributed by atoms with van der Waals surface area (Å²) in [5, 5.41) is 3.45. The van der Waals surface area contributed by atoms with Gasteiger partial charge in [0, 0.05) is 31.4 Å². The molecule has 2 atom stereocenters. The Morgan fingerprint density at radius 2 is 2.05 bits per heavy atom. The van der Waals surface area contributed by atoms with E-state index in [9.17, 15) is 4.79 Å². The van der Waals surface area contributed by atoms with Crippen molar-refractivity contribution in [3.05, 3.63) is 29.8 Å². The van der Waals surface area contributed by atoms with Crippen molar-refractivity contribution in [2.24, 2.45) is 0 Å². The molecular formula is C17H23N3O. The molecule has 1 N–H and O–H groups in total. The largest absolute Gasteiger partial charge is 0.373 e. The first-order valence-electron chi connectivity index (χ1n) is 8.18. The van der Waals surface area contributed by atoms with Gasteiger partial charge in [-0.3, -0.25) is 9.69 Å². The monoisotopic (exact) mass is 285 g/mol. The highest BCUT2D eigenvalue weighted by atomic mass is 16.2. The summed E-state index contributed by atoms with van der Waals surface area (Å²) < 4.78 is 0. The Balaban J connectivity index is 1.44. The van der Waals surface area contributed by atoms with Gasteiger partial charge in [-0.1, -0.05) is 18.2 Å². The van der Waals surface area contributed by atoms with Crippen LogP contribution in [0.4, 0.5) is 5.69 Å². The van der Waals surface area contributed by atoms with E-state index >= 15 is 0 Å². The topological polar surface area (TPSA) is 35.6 Å². The first kappa shape index (κ1) is 13.1. The van der Waals surface area contributed by atoms with Gasteiger partial charge < -0.3 is 10.2 Å². The molecule has 0 saturated carbocycles. The smallest absolute Gasteiger partial charge is 0.245 e. The molecule has 2 saturated heterocycles. The second-order valence-corrected chi connectivity index (χ2v) is 6.51. The van der Waals surface area contributed by atoms with Crippen LogP contribution in [0.15, 0.2) is 24.3 Å². The van der Waals surface area contributed by atoms with Crippen molar-refractivity contribution in [3.8, 4) is 0 Å². The van der Waals surface area contributed by atoms with E-state index in [1.165, 1.54) is 24.9 Å². The number of carbonyl (C=O) groups is 1. The molecule has 112 valence electrons. The lowest BCUT2D eigenvalue weighted by Gasteiger charge is -2.39. The van der Waals surface area contributed by atoms with E-state index in [4.69, 9.17) is 0 Å². The first-order chi connectivity index (χ1) is 10.3. The van der Waals surface area contributed by atoms with Crippen LogP contribution in [0.2, 0.25) is 0 Å². The van der Waals surface area contributed by atoms with Crippen LogP contribution < -0.4 is 5.32 Å². The molecule has 2 unspecified atom stereocenters. The van der Waals surface area contributed by atoms with Crippen molar-refractivity contribution >= 4 is 11.6 Å². The predicted molar refractivity (Wildman–Crippen MR) is 83.3 cm³/mol. The quantitative estimate of drug-likeness (QED) is 0.853. The summed E-state index contributed by atoms with van der Waals surface area (Å²) >= 11 is 0. The third kappa shape index (κ3) is 2.42. The number of rotatable bonds is 1. The lowest BCUT2D eigenvalue weighted by molar-refractivity contribution is -0.134. The van der Waals surface area contributed by atoms with Gasteiger partial charge in [-0.2, -0.15) is 0 Å². The first-order valence-corrected chi connectivity index (χ1v) is 8.18. The minimum atomic E-state index is -0.0344. The Morgan fingerprint density at radius 1 is 1.14 bits per heavy atom. The number of benzene rings is 1. The Bertz CT molecular complexity index is 545. The van der Waals surface area contributed by atoms with Gasteiger partial charge in [-0.05, 0) is 43.9 Å². The van der Waals surface area contributed by atoms with Crippen LogP contribution in [0.25, 0.3) is 0 Å². The second kappa shape index (κ2) is 5.34. The average molecular weight is 285 g/mol. The molecule has 4 rings (SSSR count). The number of piperazine rings is 1. The van der Waals surface area contributed by atoms with Crippen molar-refractivity contribution in [2.45, 2.75) is 37.8 Å². The number of aryl methyl sites for hydroxylation is 1. The number of hydrogen-bond acceptors (Lipinski definition) is 3. The number of anilines is 1. The fourth-order valence-electron chi connectivity index (χ4n) is 4.04. The number of nitrogens with one attached hydrogen (secondary N) is 1. The van der Waals surface area contributed by atoms with E-state index in [-0.39, 0.29) is 6.04 Å². The summed E-state index contributed by atoms with van der Waals surface area (Å²) in [7, 11) is 0. The molecule has 0 aromatic heterocycles. The van der Waals surface area contributed by atoms with Crippen molar-refractivity contribution in [1.29, 1.82) is 0 Å². The molecule has 0 radical (unpaired) electrons. The number of amides is 1. The Morgan fingerprint density at radius 3 is 3.00 bits per heavy atom. The molecule has 0 spiro atoms. The van der Waals surface area contributed by atoms with E-state index in [2.05, 4.69) is 33.3 Å². The molecule has 4 heteroatoms. The third-order valence-electron chi connectivity index (χ3n) is 5.25. The molecule has 3 aliphatic heterocycles. The van der Waals surface area contributed by atoms with Crippen molar-refractivity contribution in [1.82, 2.24) is 9.80 Å². The molecule has 2 fully saturated rings. The molecule has 1 aromatic carbocycles. The minimum absolute atomic E-state index is 0.0344. The minimum Gasteiger partial charge on any atom is -0.373 e. The standard InChI is InChI=1S/C17H23N3O/c21-17(20-11-10-19-9-3-5-14(19)12-20)16-8-7-13-4-1-2-6-15(13)18-16/h1-2,4,6,14,16,18H,3,5,7-12H2. The van der Waals surface area contributed by atoms with Crippen LogP contribution in [0.3, 0.4) is 0 Å². The average Bonchev–Trinajstić information content (AvgIpc) is 3.01. The zero-order chi connectivity index (χ0) is 14.2. The van der Waals surface area contributed by atoms with Gasteiger partial charge in [0.05, 0.1) is 0 Å². The molecule has 0 bridgehead atoms. The summed E-state index contributed by atoms with van der Waals surface area (Å²) in [6.07, 6.45) is 4.47. The highest BCUT2D eigenvalue weighted by Gasteiger charge is 2.35. The fourth-order valence-corrected chi connectivity index (χ4v) is 4.04. The molecule has 1 aromatic rings. The maximum absolute atomic E-state index is 12.8. The molecule has 21 heavy (non-hydrogen) atoms.